The zero-order valence-corrected chi connectivity index (χ0v) is 10.2. The van der Waals surface area contributed by atoms with Crippen molar-refractivity contribution in [2.75, 3.05) is 11.9 Å². The Hall–Kier alpha value is -2.14. The van der Waals surface area contributed by atoms with Crippen LogP contribution >= 0.6 is 0 Å². The first-order valence-corrected chi connectivity index (χ1v) is 5.78. The van der Waals surface area contributed by atoms with Gasteiger partial charge in [-0.15, -0.1) is 0 Å². The van der Waals surface area contributed by atoms with Crippen LogP contribution in [-0.2, 0) is 4.79 Å². The van der Waals surface area contributed by atoms with Crippen LogP contribution < -0.4 is 11.1 Å². The highest BCUT2D eigenvalue weighted by Gasteiger charge is 2.19. The molecule has 0 aliphatic carbocycles. The number of hydrogen-bond donors (Lipinski definition) is 3. The third-order valence-electron chi connectivity index (χ3n) is 2.83. The lowest BCUT2D eigenvalue weighted by atomic mass is 9.98. The smallest absolute Gasteiger partial charge is 0.234 e. The zero-order chi connectivity index (χ0) is 13.0. The van der Waals surface area contributed by atoms with Crippen LogP contribution in [0.5, 0.6) is 0 Å². The molecule has 5 heteroatoms. The van der Waals surface area contributed by atoms with Crippen LogP contribution in [0.4, 0.5) is 5.82 Å². The third-order valence-corrected chi connectivity index (χ3v) is 2.83. The number of nitrogens with two attached hydrogens (primary N) is 1. The fourth-order valence-electron chi connectivity index (χ4n) is 1.76. The number of anilines is 1. The van der Waals surface area contributed by atoms with Gasteiger partial charge in [-0.2, -0.15) is 5.10 Å². The first kappa shape index (κ1) is 12.3. The van der Waals surface area contributed by atoms with E-state index in [0.29, 0.717) is 5.82 Å². The summed E-state index contributed by atoms with van der Waals surface area (Å²) in [4.78, 5) is 12.2. The molecular formula is C13H16N4O. The Labute approximate surface area is 105 Å². The van der Waals surface area contributed by atoms with Gasteiger partial charge < -0.3 is 11.1 Å². The van der Waals surface area contributed by atoms with E-state index in [1.54, 1.807) is 6.20 Å². The molecule has 0 fully saturated rings. The first-order chi connectivity index (χ1) is 8.72. The highest BCUT2D eigenvalue weighted by Crippen LogP contribution is 2.17. The maximum atomic E-state index is 12.2. The van der Waals surface area contributed by atoms with Gasteiger partial charge in [-0.05, 0) is 12.5 Å². The molecule has 4 N–H and O–H groups in total. The molecule has 1 heterocycles. The predicted octanol–water partition coefficient (Wildman–Crippen LogP) is 1.40. The molecule has 5 nitrogen and oxygen atoms in total. The molecule has 1 atom stereocenters. The van der Waals surface area contributed by atoms with Crippen molar-refractivity contribution in [1.82, 2.24) is 10.2 Å². The molecule has 0 aliphatic rings. The van der Waals surface area contributed by atoms with Crippen molar-refractivity contribution in [3.05, 3.63) is 47.7 Å². The molecule has 2 aromatic rings. The Morgan fingerprint density at radius 2 is 2.17 bits per heavy atom. The van der Waals surface area contributed by atoms with Crippen molar-refractivity contribution in [2.45, 2.75) is 12.8 Å². The van der Waals surface area contributed by atoms with Crippen molar-refractivity contribution in [3.8, 4) is 0 Å². The summed E-state index contributed by atoms with van der Waals surface area (Å²) in [6.07, 6.45) is 1.66. The minimum absolute atomic E-state index is 0.129. The summed E-state index contributed by atoms with van der Waals surface area (Å²) in [5, 5.41) is 9.41. The average Bonchev–Trinajstić information content (AvgIpc) is 2.77. The van der Waals surface area contributed by atoms with Crippen molar-refractivity contribution in [1.29, 1.82) is 0 Å². The molecule has 1 amide bonds. The van der Waals surface area contributed by atoms with E-state index in [1.807, 2.05) is 37.3 Å². The molecule has 0 bridgehead atoms. The van der Waals surface area contributed by atoms with Gasteiger partial charge in [0.1, 0.15) is 5.82 Å². The van der Waals surface area contributed by atoms with Gasteiger partial charge in [0, 0.05) is 12.1 Å². The maximum Gasteiger partial charge on any atom is 0.234 e. The van der Waals surface area contributed by atoms with Crippen LogP contribution in [0, 0.1) is 6.92 Å². The van der Waals surface area contributed by atoms with E-state index in [2.05, 4.69) is 15.5 Å². The van der Waals surface area contributed by atoms with E-state index >= 15 is 0 Å². The summed E-state index contributed by atoms with van der Waals surface area (Å²) in [5.41, 5.74) is 7.49. The highest BCUT2D eigenvalue weighted by molar-refractivity contribution is 5.95. The van der Waals surface area contributed by atoms with E-state index in [1.165, 1.54) is 0 Å². The Bertz CT molecular complexity index is 521. The lowest BCUT2D eigenvalue weighted by Crippen LogP contribution is -2.27. The summed E-state index contributed by atoms with van der Waals surface area (Å²) in [6, 6.07) is 9.50. The van der Waals surface area contributed by atoms with Crippen LogP contribution in [0.3, 0.4) is 0 Å². The second-order valence-corrected chi connectivity index (χ2v) is 4.12. The highest BCUT2D eigenvalue weighted by atomic mass is 16.2. The van der Waals surface area contributed by atoms with E-state index < -0.39 is 0 Å². The van der Waals surface area contributed by atoms with Crippen LogP contribution in [0.2, 0.25) is 0 Å². The monoisotopic (exact) mass is 244 g/mol. The van der Waals surface area contributed by atoms with Crippen LogP contribution in [0.25, 0.3) is 0 Å². The normalized spacial score (nSPS) is 12.1. The van der Waals surface area contributed by atoms with Crippen LogP contribution in [0.15, 0.2) is 36.5 Å². The maximum absolute atomic E-state index is 12.2. The molecule has 2 rings (SSSR count). The second kappa shape index (κ2) is 5.46. The number of carbonyl (C=O) groups excluding carboxylic acids is 1. The summed E-state index contributed by atoms with van der Waals surface area (Å²) in [7, 11) is 0. The lowest BCUT2D eigenvalue weighted by Gasteiger charge is -2.14. The average molecular weight is 244 g/mol. The molecule has 1 aromatic heterocycles. The molecule has 94 valence electrons. The largest absolute Gasteiger partial charge is 0.329 e. The standard InChI is InChI=1S/C13H16N4O/c1-9-8-15-17-12(9)16-13(18)11(7-14)10-5-3-2-4-6-10/h2-6,8,11H,7,14H2,1H3,(H2,15,16,17,18). The summed E-state index contributed by atoms with van der Waals surface area (Å²) in [5.74, 6) is 0.138. The summed E-state index contributed by atoms with van der Waals surface area (Å²) < 4.78 is 0. The number of nitrogens with zero attached hydrogens (tertiary/aromatic N) is 1. The number of aromatic nitrogens is 2. The van der Waals surface area contributed by atoms with Gasteiger partial charge in [-0.3, -0.25) is 9.89 Å². The molecule has 1 unspecified atom stereocenters. The van der Waals surface area contributed by atoms with Gasteiger partial charge in [0.05, 0.1) is 12.1 Å². The quantitative estimate of drug-likeness (QED) is 0.760. The number of carbonyl (C=O) groups is 1. The van der Waals surface area contributed by atoms with Gasteiger partial charge in [0.15, 0.2) is 0 Å². The van der Waals surface area contributed by atoms with Crippen LogP contribution in [-0.4, -0.2) is 22.6 Å². The summed E-state index contributed by atoms with van der Waals surface area (Å²) >= 11 is 0. The number of aryl methyl sites for hydroxylation is 1. The third kappa shape index (κ3) is 2.57. The molecule has 0 spiro atoms. The minimum atomic E-state index is -0.353. The van der Waals surface area contributed by atoms with Crippen molar-refractivity contribution >= 4 is 11.7 Å². The number of rotatable bonds is 4. The van der Waals surface area contributed by atoms with Gasteiger partial charge in [-0.25, -0.2) is 0 Å². The Morgan fingerprint density at radius 3 is 2.72 bits per heavy atom. The number of amides is 1. The Morgan fingerprint density at radius 1 is 1.44 bits per heavy atom. The molecule has 0 radical (unpaired) electrons. The van der Waals surface area contributed by atoms with E-state index in [9.17, 15) is 4.79 Å². The van der Waals surface area contributed by atoms with E-state index in [4.69, 9.17) is 5.73 Å². The van der Waals surface area contributed by atoms with Crippen LogP contribution in [0.1, 0.15) is 17.0 Å². The number of aromatic amines is 1. The fraction of sp³-hybridized carbons (Fsp3) is 0.231. The SMILES string of the molecule is Cc1cn[nH]c1NC(=O)C(CN)c1ccccc1. The molecule has 0 aliphatic heterocycles. The fourth-order valence-corrected chi connectivity index (χ4v) is 1.76. The minimum Gasteiger partial charge on any atom is -0.329 e. The number of benzene rings is 1. The second-order valence-electron chi connectivity index (χ2n) is 4.12. The van der Waals surface area contributed by atoms with Gasteiger partial charge in [0.2, 0.25) is 5.91 Å². The number of hydrogen-bond acceptors (Lipinski definition) is 3. The van der Waals surface area contributed by atoms with Crippen molar-refractivity contribution in [3.63, 3.8) is 0 Å². The van der Waals surface area contributed by atoms with Crippen molar-refractivity contribution < 1.29 is 4.79 Å². The Kier molecular flexibility index (Phi) is 3.74. The lowest BCUT2D eigenvalue weighted by molar-refractivity contribution is -0.117. The van der Waals surface area contributed by atoms with E-state index in [-0.39, 0.29) is 18.4 Å². The van der Waals surface area contributed by atoms with Gasteiger partial charge >= 0.3 is 0 Å². The number of nitrogens with one attached hydrogen (secondary N) is 2. The first-order valence-electron chi connectivity index (χ1n) is 5.78. The zero-order valence-electron chi connectivity index (χ0n) is 10.2. The van der Waals surface area contributed by atoms with E-state index in [0.717, 1.165) is 11.1 Å². The van der Waals surface area contributed by atoms with Gasteiger partial charge in [-0.1, -0.05) is 30.3 Å². The number of H-pyrrole nitrogens is 1. The summed E-state index contributed by atoms with van der Waals surface area (Å²) in [6.45, 7) is 2.14. The molecule has 1 aromatic carbocycles. The molecular weight excluding hydrogens is 228 g/mol. The predicted molar refractivity (Wildman–Crippen MR) is 70.2 cm³/mol. The van der Waals surface area contributed by atoms with Crippen molar-refractivity contribution in [2.24, 2.45) is 5.73 Å². The topological polar surface area (TPSA) is 83.8 Å². The van der Waals surface area contributed by atoms with Gasteiger partial charge in [0.25, 0.3) is 0 Å². The molecule has 0 saturated heterocycles. The molecule has 18 heavy (non-hydrogen) atoms. The Balaban J connectivity index is 2.14. The molecule has 0 saturated carbocycles.